The molecule has 9 nitrogen and oxygen atoms in total. The van der Waals surface area contributed by atoms with Gasteiger partial charge in [-0.05, 0) is 54.3 Å². The summed E-state index contributed by atoms with van der Waals surface area (Å²) in [5.74, 6) is 1.77. The Morgan fingerprint density at radius 2 is 1.60 bits per heavy atom. The minimum atomic E-state index is -0.170. The number of H-pyrrole nitrogens is 2. The number of piperidine rings is 1. The lowest BCUT2D eigenvalue weighted by atomic mass is 9.76. The fraction of sp³-hybridized carbons (Fsp3) is 0.581. The van der Waals surface area contributed by atoms with Gasteiger partial charge in [0.15, 0.2) is 0 Å². The van der Waals surface area contributed by atoms with E-state index in [-0.39, 0.29) is 17.4 Å². The van der Waals surface area contributed by atoms with Crippen LogP contribution < -0.4 is 0 Å². The monoisotopic (exact) mass is 547 g/mol. The Kier molecular flexibility index (Phi) is 8.73. The Morgan fingerprint density at radius 1 is 1.00 bits per heavy atom. The number of imidazole rings is 2. The maximum Gasteiger partial charge on any atom is 0.323 e. The van der Waals surface area contributed by atoms with E-state index >= 15 is 0 Å². The maximum absolute atomic E-state index is 12.8. The zero-order chi connectivity index (χ0) is 28.2. The van der Waals surface area contributed by atoms with Crippen LogP contribution in [0, 0.1) is 10.8 Å². The molecule has 0 bridgehead atoms. The topological polar surface area (TPSA) is 93.4 Å². The largest absolute Gasteiger partial charge is 0.468 e. The van der Waals surface area contributed by atoms with Crippen molar-refractivity contribution in [2.45, 2.75) is 72.3 Å². The number of nitrogens with zero attached hydrogens (tertiary/aromatic N) is 5. The molecule has 2 aliphatic heterocycles. The van der Waals surface area contributed by atoms with Crippen LogP contribution >= 0.6 is 0 Å². The molecule has 216 valence electrons. The van der Waals surface area contributed by atoms with Gasteiger partial charge in [-0.2, -0.15) is 0 Å². The van der Waals surface area contributed by atoms with Gasteiger partial charge in [-0.1, -0.05) is 45.0 Å². The van der Waals surface area contributed by atoms with Crippen LogP contribution in [0.2, 0.25) is 0 Å². The number of ether oxygens (including phenoxy) is 1. The Labute approximate surface area is 238 Å². The molecule has 0 amide bonds. The lowest BCUT2D eigenvalue weighted by Crippen LogP contribution is -2.44. The van der Waals surface area contributed by atoms with Crippen LogP contribution in [-0.4, -0.2) is 79.9 Å². The SMILES string of the molecule is COC(=O)[C@@H]1CC2(CCN(CC(C)(C)C)CC2)CN1Cc1ccc(CN(Cc2ncc[nH]2)Cc2ncc[nH]2)cc1. The summed E-state index contributed by atoms with van der Waals surface area (Å²) in [4.78, 5) is 35.3. The summed E-state index contributed by atoms with van der Waals surface area (Å²) in [6.45, 7) is 14.2. The lowest BCUT2D eigenvalue weighted by molar-refractivity contribution is -0.146. The van der Waals surface area contributed by atoms with Gasteiger partial charge in [0.05, 0.1) is 20.2 Å². The van der Waals surface area contributed by atoms with E-state index in [0.717, 1.165) is 70.2 Å². The van der Waals surface area contributed by atoms with Crippen molar-refractivity contribution in [2.24, 2.45) is 10.8 Å². The van der Waals surface area contributed by atoms with Gasteiger partial charge in [-0.15, -0.1) is 0 Å². The number of likely N-dealkylation sites (tertiary alicyclic amines) is 2. The van der Waals surface area contributed by atoms with Crippen LogP contribution in [0.5, 0.6) is 0 Å². The first-order chi connectivity index (χ1) is 19.2. The lowest BCUT2D eigenvalue weighted by Gasteiger charge is -2.41. The molecule has 2 N–H and O–H groups in total. The molecule has 40 heavy (non-hydrogen) atoms. The van der Waals surface area contributed by atoms with E-state index in [9.17, 15) is 4.79 Å². The van der Waals surface area contributed by atoms with E-state index in [1.807, 2.05) is 12.4 Å². The van der Waals surface area contributed by atoms with Gasteiger partial charge in [0.2, 0.25) is 0 Å². The highest BCUT2D eigenvalue weighted by atomic mass is 16.5. The second-order valence-electron chi connectivity index (χ2n) is 13.0. The summed E-state index contributed by atoms with van der Waals surface area (Å²) in [7, 11) is 1.52. The van der Waals surface area contributed by atoms with Gasteiger partial charge in [0, 0.05) is 51.0 Å². The van der Waals surface area contributed by atoms with Crippen LogP contribution in [0.1, 0.15) is 62.8 Å². The molecule has 1 spiro atoms. The van der Waals surface area contributed by atoms with Crippen molar-refractivity contribution >= 4 is 5.97 Å². The summed E-state index contributed by atoms with van der Waals surface area (Å²) in [6, 6.07) is 8.65. The van der Waals surface area contributed by atoms with Gasteiger partial charge in [-0.3, -0.25) is 14.6 Å². The average Bonchev–Trinajstić information content (AvgIpc) is 3.69. The molecule has 3 aromatic rings. The number of hydrogen-bond acceptors (Lipinski definition) is 7. The van der Waals surface area contributed by atoms with E-state index in [0.29, 0.717) is 18.5 Å². The molecule has 0 aliphatic carbocycles. The zero-order valence-electron chi connectivity index (χ0n) is 24.5. The molecule has 1 atom stereocenters. The molecule has 9 heteroatoms. The van der Waals surface area contributed by atoms with Gasteiger partial charge in [-0.25, -0.2) is 9.97 Å². The maximum atomic E-state index is 12.8. The fourth-order valence-corrected chi connectivity index (χ4v) is 6.50. The smallest absolute Gasteiger partial charge is 0.323 e. The quantitative estimate of drug-likeness (QED) is 0.367. The molecule has 2 saturated heterocycles. The number of esters is 1. The number of aromatic amines is 2. The van der Waals surface area contributed by atoms with Crippen LogP contribution in [0.3, 0.4) is 0 Å². The van der Waals surface area contributed by atoms with E-state index in [4.69, 9.17) is 4.74 Å². The standard InChI is InChI=1S/C31H45N7O2/c1-30(2,3)22-36-15-9-31(10-16-36)17-26(29(39)40-4)38(23-31)19-25-7-5-24(6-8-25)18-37(20-27-32-11-12-33-27)21-28-34-13-14-35-28/h5-8,11-14,26H,9-10,15-23H2,1-4H3,(H,32,33)(H,34,35)/t26-/m0/s1. The number of rotatable bonds is 10. The predicted molar refractivity (Wildman–Crippen MR) is 155 cm³/mol. The minimum Gasteiger partial charge on any atom is -0.468 e. The van der Waals surface area contributed by atoms with Crippen LogP contribution in [-0.2, 0) is 35.7 Å². The van der Waals surface area contributed by atoms with Gasteiger partial charge in [0.25, 0.3) is 0 Å². The number of nitrogens with one attached hydrogen (secondary N) is 2. The number of hydrogen-bond donors (Lipinski definition) is 2. The summed E-state index contributed by atoms with van der Waals surface area (Å²) in [5, 5.41) is 0. The average molecular weight is 548 g/mol. The summed E-state index contributed by atoms with van der Waals surface area (Å²) >= 11 is 0. The van der Waals surface area contributed by atoms with Crippen molar-refractivity contribution in [3.05, 3.63) is 71.8 Å². The molecule has 1 aromatic carbocycles. The predicted octanol–water partition coefficient (Wildman–Crippen LogP) is 4.21. The fourth-order valence-electron chi connectivity index (χ4n) is 6.50. The van der Waals surface area contributed by atoms with E-state index < -0.39 is 0 Å². The van der Waals surface area contributed by atoms with Gasteiger partial charge < -0.3 is 19.6 Å². The second kappa shape index (κ2) is 12.2. The third-order valence-corrected chi connectivity index (χ3v) is 8.36. The summed E-state index contributed by atoms with van der Waals surface area (Å²) in [6.07, 6.45) is 10.5. The highest BCUT2D eigenvalue weighted by Crippen LogP contribution is 2.44. The number of carbonyl (C=O) groups is 1. The first kappa shape index (κ1) is 28.5. The van der Waals surface area contributed by atoms with Crippen molar-refractivity contribution in [2.75, 3.05) is 33.3 Å². The molecular formula is C31H45N7O2. The zero-order valence-corrected chi connectivity index (χ0v) is 24.5. The van der Waals surface area contributed by atoms with Crippen molar-refractivity contribution in [1.29, 1.82) is 0 Å². The van der Waals surface area contributed by atoms with Crippen molar-refractivity contribution in [3.63, 3.8) is 0 Å². The normalized spacial score (nSPS) is 20.0. The van der Waals surface area contributed by atoms with E-state index in [1.165, 1.54) is 18.2 Å². The Balaban J connectivity index is 1.22. The van der Waals surface area contributed by atoms with E-state index in [1.54, 1.807) is 12.4 Å². The molecule has 2 fully saturated rings. The molecule has 2 aromatic heterocycles. The first-order valence-corrected chi connectivity index (χ1v) is 14.5. The first-order valence-electron chi connectivity index (χ1n) is 14.5. The van der Waals surface area contributed by atoms with Crippen LogP contribution in [0.15, 0.2) is 49.1 Å². The number of benzene rings is 1. The molecule has 0 unspecified atom stereocenters. The highest BCUT2D eigenvalue weighted by Gasteiger charge is 2.48. The number of carbonyl (C=O) groups excluding carboxylic acids is 1. The Bertz CT molecular complexity index is 1160. The molecule has 5 rings (SSSR count). The molecule has 0 radical (unpaired) electrons. The minimum absolute atomic E-state index is 0.0999. The summed E-state index contributed by atoms with van der Waals surface area (Å²) < 4.78 is 5.26. The van der Waals surface area contributed by atoms with Crippen LogP contribution in [0.25, 0.3) is 0 Å². The van der Waals surface area contributed by atoms with Crippen molar-refractivity contribution in [1.82, 2.24) is 34.6 Å². The highest BCUT2D eigenvalue weighted by molar-refractivity contribution is 5.76. The Morgan fingerprint density at radius 3 is 2.12 bits per heavy atom. The second-order valence-corrected chi connectivity index (χ2v) is 13.0. The number of methoxy groups -OCH3 is 1. The molecular weight excluding hydrogens is 502 g/mol. The summed E-state index contributed by atoms with van der Waals surface area (Å²) in [5.41, 5.74) is 2.96. The molecule has 4 heterocycles. The Hall–Kier alpha value is -3.01. The van der Waals surface area contributed by atoms with Crippen LogP contribution in [0.4, 0.5) is 0 Å². The van der Waals surface area contributed by atoms with Crippen molar-refractivity contribution < 1.29 is 9.53 Å². The third kappa shape index (κ3) is 7.38. The third-order valence-electron chi connectivity index (χ3n) is 8.36. The van der Waals surface area contributed by atoms with E-state index in [2.05, 4.69) is 79.7 Å². The van der Waals surface area contributed by atoms with Gasteiger partial charge >= 0.3 is 5.97 Å². The molecule has 0 saturated carbocycles. The van der Waals surface area contributed by atoms with Gasteiger partial charge in [0.1, 0.15) is 17.7 Å². The molecule has 2 aliphatic rings. The number of aromatic nitrogens is 4. The van der Waals surface area contributed by atoms with Crippen molar-refractivity contribution in [3.8, 4) is 0 Å².